The van der Waals surface area contributed by atoms with Gasteiger partial charge in [-0.2, -0.15) is 0 Å². The normalized spacial score (nSPS) is 22.5. The maximum Gasteiger partial charge on any atom is 0.255 e. The highest BCUT2D eigenvalue weighted by atomic mass is 35.5. The van der Waals surface area contributed by atoms with Gasteiger partial charge < -0.3 is 10.4 Å². The second-order valence-electron chi connectivity index (χ2n) is 5.64. The van der Waals surface area contributed by atoms with Crippen LogP contribution >= 0.6 is 11.6 Å². The van der Waals surface area contributed by atoms with Crippen LogP contribution in [0.25, 0.3) is 0 Å². The molecule has 0 heterocycles. The molecule has 2 rings (SSSR count). The summed E-state index contributed by atoms with van der Waals surface area (Å²) in [6.07, 6.45) is 4.72. The van der Waals surface area contributed by atoms with Crippen molar-refractivity contribution in [2.45, 2.75) is 32.6 Å². The minimum Gasteiger partial charge on any atom is -0.507 e. The number of rotatable bonds is 4. The second kappa shape index (κ2) is 6.98. The molecule has 110 valence electrons. The summed E-state index contributed by atoms with van der Waals surface area (Å²) in [5, 5.41) is 12.9. The van der Waals surface area contributed by atoms with E-state index in [0.29, 0.717) is 35.4 Å². The van der Waals surface area contributed by atoms with E-state index in [1.165, 1.54) is 12.8 Å². The maximum atomic E-state index is 12.2. The Morgan fingerprint density at radius 1 is 1.35 bits per heavy atom. The van der Waals surface area contributed by atoms with Crippen LogP contribution in [0.4, 0.5) is 0 Å². The number of carbonyl (C=O) groups is 1. The summed E-state index contributed by atoms with van der Waals surface area (Å²) in [4.78, 5) is 12.2. The summed E-state index contributed by atoms with van der Waals surface area (Å²) in [7, 11) is 0. The first-order chi connectivity index (χ1) is 9.63. The quantitative estimate of drug-likeness (QED) is 0.836. The van der Waals surface area contributed by atoms with Crippen LogP contribution in [0.2, 0.25) is 0 Å². The molecule has 2 N–H and O–H groups in total. The Labute approximate surface area is 125 Å². The molecule has 1 fully saturated rings. The van der Waals surface area contributed by atoms with Gasteiger partial charge in [-0.3, -0.25) is 4.79 Å². The molecule has 1 amide bonds. The largest absolute Gasteiger partial charge is 0.507 e. The van der Waals surface area contributed by atoms with Gasteiger partial charge in [-0.1, -0.05) is 25.0 Å². The highest BCUT2D eigenvalue weighted by molar-refractivity contribution is 6.18. The van der Waals surface area contributed by atoms with E-state index in [0.717, 1.165) is 12.8 Å². The number of para-hydroxylation sites is 1. The SMILES string of the molecule is Cc1cccc(C(=O)NCC2CCCCC2CCl)c1O. The topological polar surface area (TPSA) is 49.3 Å². The van der Waals surface area contributed by atoms with E-state index in [1.807, 2.05) is 0 Å². The highest BCUT2D eigenvalue weighted by Gasteiger charge is 2.25. The maximum absolute atomic E-state index is 12.2. The number of aryl methyl sites for hydroxylation is 1. The summed E-state index contributed by atoms with van der Waals surface area (Å²) in [6.45, 7) is 2.43. The molecular formula is C16H22ClNO2. The number of hydrogen-bond donors (Lipinski definition) is 2. The Balaban J connectivity index is 1.96. The molecule has 1 aromatic carbocycles. The molecular weight excluding hydrogens is 274 g/mol. The van der Waals surface area contributed by atoms with Gasteiger partial charge in [0, 0.05) is 12.4 Å². The number of amides is 1. The lowest BCUT2D eigenvalue weighted by molar-refractivity contribution is 0.0934. The van der Waals surface area contributed by atoms with E-state index >= 15 is 0 Å². The minimum absolute atomic E-state index is 0.0718. The molecule has 0 radical (unpaired) electrons. The molecule has 2 unspecified atom stereocenters. The van der Waals surface area contributed by atoms with Crippen molar-refractivity contribution in [2.24, 2.45) is 11.8 Å². The molecule has 1 aliphatic carbocycles. The van der Waals surface area contributed by atoms with Crippen molar-refractivity contribution in [3.05, 3.63) is 29.3 Å². The molecule has 0 aromatic heterocycles. The van der Waals surface area contributed by atoms with Crippen LogP contribution in [0.15, 0.2) is 18.2 Å². The average molecular weight is 296 g/mol. The summed E-state index contributed by atoms with van der Waals surface area (Å²) in [5.74, 6) is 1.48. The van der Waals surface area contributed by atoms with Crippen LogP contribution < -0.4 is 5.32 Å². The molecule has 0 aliphatic heterocycles. The van der Waals surface area contributed by atoms with Gasteiger partial charge in [0.1, 0.15) is 5.75 Å². The van der Waals surface area contributed by atoms with Gasteiger partial charge in [0.05, 0.1) is 5.56 Å². The lowest BCUT2D eigenvalue weighted by Gasteiger charge is -2.30. The Morgan fingerprint density at radius 3 is 2.75 bits per heavy atom. The Bertz CT molecular complexity index is 476. The van der Waals surface area contributed by atoms with E-state index in [9.17, 15) is 9.90 Å². The van der Waals surface area contributed by atoms with Crippen molar-refractivity contribution >= 4 is 17.5 Å². The molecule has 1 aromatic rings. The molecule has 3 nitrogen and oxygen atoms in total. The smallest absolute Gasteiger partial charge is 0.255 e. The van der Waals surface area contributed by atoms with Crippen LogP contribution in [0.5, 0.6) is 5.75 Å². The number of benzene rings is 1. The van der Waals surface area contributed by atoms with E-state index in [1.54, 1.807) is 25.1 Å². The van der Waals surface area contributed by atoms with E-state index < -0.39 is 0 Å². The van der Waals surface area contributed by atoms with Gasteiger partial charge in [0.2, 0.25) is 0 Å². The zero-order valence-corrected chi connectivity index (χ0v) is 12.6. The number of alkyl halides is 1. The number of hydrogen-bond acceptors (Lipinski definition) is 2. The van der Waals surface area contributed by atoms with Crippen molar-refractivity contribution < 1.29 is 9.90 Å². The third-order valence-corrected chi connectivity index (χ3v) is 4.67. The minimum atomic E-state index is -0.204. The number of phenols is 1. The van der Waals surface area contributed by atoms with Gasteiger partial charge in [-0.05, 0) is 43.2 Å². The van der Waals surface area contributed by atoms with Gasteiger partial charge >= 0.3 is 0 Å². The first-order valence-electron chi connectivity index (χ1n) is 7.26. The second-order valence-corrected chi connectivity index (χ2v) is 5.95. The third kappa shape index (κ3) is 3.45. The Morgan fingerprint density at radius 2 is 2.05 bits per heavy atom. The van der Waals surface area contributed by atoms with Crippen LogP contribution in [-0.2, 0) is 0 Å². The van der Waals surface area contributed by atoms with Gasteiger partial charge in [0.25, 0.3) is 5.91 Å². The van der Waals surface area contributed by atoms with Gasteiger partial charge in [0.15, 0.2) is 0 Å². The van der Waals surface area contributed by atoms with Crippen LogP contribution in [0, 0.1) is 18.8 Å². The monoisotopic (exact) mass is 295 g/mol. The van der Waals surface area contributed by atoms with E-state index in [4.69, 9.17) is 11.6 Å². The molecule has 4 heteroatoms. The van der Waals surface area contributed by atoms with Crippen LogP contribution in [0.3, 0.4) is 0 Å². The lowest BCUT2D eigenvalue weighted by atomic mass is 9.80. The lowest BCUT2D eigenvalue weighted by Crippen LogP contribution is -2.34. The number of aromatic hydroxyl groups is 1. The molecule has 20 heavy (non-hydrogen) atoms. The first-order valence-corrected chi connectivity index (χ1v) is 7.79. The van der Waals surface area contributed by atoms with Gasteiger partial charge in [-0.15, -0.1) is 11.6 Å². The average Bonchev–Trinajstić information content (AvgIpc) is 2.48. The highest BCUT2D eigenvalue weighted by Crippen LogP contribution is 2.30. The zero-order chi connectivity index (χ0) is 14.5. The van der Waals surface area contributed by atoms with Gasteiger partial charge in [-0.25, -0.2) is 0 Å². The molecule has 2 atom stereocenters. The third-order valence-electron chi connectivity index (χ3n) is 4.27. The molecule has 1 aliphatic rings. The number of nitrogens with one attached hydrogen (secondary N) is 1. The first kappa shape index (κ1) is 15.2. The van der Waals surface area contributed by atoms with Crippen LogP contribution in [0.1, 0.15) is 41.6 Å². The summed E-state index contributed by atoms with van der Waals surface area (Å²) < 4.78 is 0. The molecule has 0 bridgehead atoms. The fourth-order valence-corrected chi connectivity index (χ4v) is 3.32. The van der Waals surface area contributed by atoms with Crippen molar-refractivity contribution in [2.75, 3.05) is 12.4 Å². The van der Waals surface area contributed by atoms with Crippen molar-refractivity contribution in [3.8, 4) is 5.75 Å². The fourth-order valence-electron chi connectivity index (χ4n) is 2.92. The van der Waals surface area contributed by atoms with E-state index in [-0.39, 0.29) is 11.7 Å². The van der Waals surface area contributed by atoms with Crippen molar-refractivity contribution in [1.82, 2.24) is 5.32 Å². The molecule has 0 saturated heterocycles. The van der Waals surface area contributed by atoms with Crippen molar-refractivity contribution in [3.63, 3.8) is 0 Å². The van der Waals surface area contributed by atoms with Crippen LogP contribution in [-0.4, -0.2) is 23.4 Å². The molecule has 1 saturated carbocycles. The zero-order valence-electron chi connectivity index (χ0n) is 11.9. The number of phenolic OH excluding ortho intramolecular Hbond substituents is 1. The Kier molecular flexibility index (Phi) is 5.30. The fraction of sp³-hybridized carbons (Fsp3) is 0.562. The predicted molar refractivity (Wildman–Crippen MR) is 81.3 cm³/mol. The Hall–Kier alpha value is -1.22. The van der Waals surface area contributed by atoms with Crippen molar-refractivity contribution in [1.29, 1.82) is 0 Å². The summed E-state index contributed by atoms with van der Waals surface area (Å²) >= 11 is 6.00. The molecule has 0 spiro atoms. The number of carbonyl (C=O) groups excluding carboxylic acids is 1. The predicted octanol–water partition coefficient (Wildman–Crippen LogP) is 3.48. The number of halogens is 1. The standard InChI is InChI=1S/C16H22ClNO2/c1-11-5-4-8-14(15(11)19)16(20)18-10-13-7-3-2-6-12(13)9-17/h4-5,8,12-13,19H,2-3,6-7,9-10H2,1H3,(H,18,20). The summed E-state index contributed by atoms with van der Waals surface area (Å²) in [6, 6.07) is 5.22. The van der Waals surface area contributed by atoms with E-state index in [2.05, 4.69) is 5.32 Å². The summed E-state index contributed by atoms with van der Waals surface area (Å²) in [5.41, 5.74) is 1.07.